The van der Waals surface area contributed by atoms with Gasteiger partial charge in [-0.05, 0) is 36.4 Å². The summed E-state index contributed by atoms with van der Waals surface area (Å²) in [6.45, 7) is 0. The Hall–Kier alpha value is -3.93. The molecule has 0 fully saturated rings. The van der Waals surface area contributed by atoms with Crippen LogP contribution in [0.1, 0.15) is 0 Å². The van der Waals surface area contributed by atoms with Gasteiger partial charge in [0.1, 0.15) is 5.58 Å². The fourth-order valence-electron chi connectivity index (χ4n) is 2.77. The lowest BCUT2D eigenvalue weighted by Gasteiger charge is -2.08. The summed E-state index contributed by atoms with van der Waals surface area (Å²) < 4.78 is 6.69. The van der Waals surface area contributed by atoms with Crippen molar-refractivity contribution in [3.63, 3.8) is 0 Å². The standard InChI is InChI=1S/C21H15N3O3/c25-20(22-15-9-3-1-4-10-15)23-19-17-13-7-8-14-18(17)27-21(26)24(19)16-11-5-2-6-12-16/h1-14H,(H,22,25)/b23-19+. The molecule has 6 nitrogen and oxygen atoms in total. The number of hydrogen-bond donors (Lipinski definition) is 1. The summed E-state index contributed by atoms with van der Waals surface area (Å²) in [6.07, 6.45) is 0. The number of fused-ring (bicyclic) bond motifs is 1. The second kappa shape index (κ2) is 7.13. The van der Waals surface area contributed by atoms with Crippen LogP contribution < -0.4 is 16.6 Å². The second-order valence-electron chi connectivity index (χ2n) is 5.77. The minimum Gasteiger partial charge on any atom is -0.409 e. The third kappa shape index (κ3) is 3.41. The van der Waals surface area contributed by atoms with E-state index in [2.05, 4.69) is 10.3 Å². The number of carbonyl (C=O) groups is 1. The minimum atomic E-state index is -0.619. The van der Waals surface area contributed by atoms with E-state index in [0.717, 1.165) is 0 Å². The number of hydrogen-bond acceptors (Lipinski definition) is 3. The summed E-state index contributed by atoms with van der Waals surface area (Å²) in [6, 6.07) is 24.3. The molecule has 27 heavy (non-hydrogen) atoms. The molecular formula is C21H15N3O3. The van der Waals surface area contributed by atoms with Crippen LogP contribution in [0, 0.1) is 0 Å². The van der Waals surface area contributed by atoms with Gasteiger partial charge in [0.05, 0.1) is 11.1 Å². The quantitative estimate of drug-likeness (QED) is 0.594. The van der Waals surface area contributed by atoms with E-state index in [9.17, 15) is 9.59 Å². The van der Waals surface area contributed by atoms with Crippen LogP contribution in [0.15, 0.2) is 99.1 Å². The molecule has 0 bridgehead atoms. The van der Waals surface area contributed by atoms with Crippen LogP contribution in [-0.4, -0.2) is 10.6 Å². The topological polar surface area (TPSA) is 76.6 Å². The third-order valence-corrected chi connectivity index (χ3v) is 3.97. The van der Waals surface area contributed by atoms with Gasteiger partial charge in [0.25, 0.3) is 0 Å². The average Bonchev–Trinajstić information content (AvgIpc) is 2.69. The highest BCUT2D eigenvalue weighted by Crippen LogP contribution is 2.10. The molecule has 1 heterocycles. The largest absolute Gasteiger partial charge is 0.425 e. The molecule has 0 saturated heterocycles. The van der Waals surface area contributed by atoms with Crippen molar-refractivity contribution >= 4 is 22.7 Å². The smallest absolute Gasteiger partial charge is 0.409 e. The summed E-state index contributed by atoms with van der Waals surface area (Å²) in [5, 5.41) is 3.26. The normalized spacial score (nSPS) is 11.5. The highest BCUT2D eigenvalue weighted by molar-refractivity contribution is 5.90. The van der Waals surface area contributed by atoms with Crippen LogP contribution in [0.5, 0.6) is 0 Å². The van der Waals surface area contributed by atoms with Gasteiger partial charge in [-0.25, -0.2) is 14.2 Å². The third-order valence-electron chi connectivity index (χ3n) is 3.97. The van der Waals surface area contributed by atoms with E-state index >= 15 is 0 Å². The number of amides is 2. The summed E-state index contributed by atoms with van der Waals surface area (Å²) in [5.74, 6) is -0.619. The SMILES string of the molecule is O=C(/N=c1\c2ccccc2oc(=O)n1-c1ccccc1)Nc1ccccc1. The Morgan fingerprint density at radius 2 is 1.48 bits per heavy atom. The molecule has 0 saturated carbocycles. The number of rotatable bonds is 2. The minimum absolute atomic E-state index is 0.210. The van der Waals surface area contributed by atoms with Crippen LogP contribution in [0.2, 0.25) is 0 Å². The van der Waals surface area contributed by atoms with Gasteiger partial charge < -0.3 is 9.73 Å². The van der Waals surface area contributed by atoms with Gasteiger partial charge in [0.2, 0.25) is 0 Å². The molecule has 0 aliphatic heterocycles. The van der Waals surface area contributed by atoms with Gasteiger partial charge in [0, 0.05) is 5.69 Å². The summed E-state index contributed by atoms with van der Waals surface area (Å²) >= 11 is 0. The van der Waals surface area contributed by atoms with Gasteiger partial charge in [-0.15, -0.1) is 0 Å². The lowest BCUT2D eigenvalue weighted by Crippen LogP contribution is -2.33. The molecule has 132 valence electrons. The number of para-hydroxylation sites is 3. The van der Waals surface area contributed by atoms with Crippen molar-refractivity contribution in [2.24, 2.45) is 4.99 Å². The molecule has 0 radical (unpaired) electrons. The molecule has 0 aliphatic rings. The Morgan fingerprint density at radius 1 is 0.852 bits per heavy atom. The van der Waals surface area contributed by atoms with E-state index in [-0.39, 0.29) is 5.49 Å². The monoisotopic (exact) mass is 357 g/mol. The molecule has 6 heteroatoms. The summed E-state index contributed by atoms with van der Waals surface area (Å²) in [7, 11) is 0. The van der Waals surface area contributed by atoms with Gasteiger partial charge in [-0.3, -0.25) is 0 Å². The Morgan fingerprint density at radius 3 is 2.22 bits per heavy atom. The van der Waals surface area contributed by atoms with Gasteiger partial charge in [-0.2, -0.15) is 4.99 Å². The number of nitrogens with zero attached hydrogens (tertiary/aromatic N) is 2. The molecule has 0 atom stereocenters. The van der Waals surface area contributed by atoms with Crippen molar-refractivity contribution in [2.75, 3.05) is 5.32 Å². The molecule has 3 aromatic carbocycles. The van der Waals surface area contributed by atoms with Crippen molar-refractivity contribution in [1.82, 2.24) is 4.57 Å². The average molecular weight is 357 g/mol. The molecule has 1 aromatic heterocycles. The zero-order valence-electron chi connectivity index (χ0n) is 14.2. The fraction of sp³-hybridized carbons (Fsp3) is 0. The Labute approximate surface area is 154 Å². The van der Waals surface area contributed by atoms with E-state index in [1.165, 1.54) is 4.57 Å². The lowest BCUT2D eigenvalue weighted by molar-refractivity contribution is 0.258. The van der Waals surface area contributed by atoms with Gasteiger partial charge >= 0.3 is 11.8 Å². The molecule has 0 spiro atoms. The Bertz CT molecular complexity index is 1230. The fourth-order valence-corrected chi connectivity index (χ4v) is 2.77. The summed E-state index contributed by atoms with van der Waals surface area (Å²) in [5.41, 5.74) is 1.75. The highest BCUT2D eigenvalue weighted by atomic mass is 16.4. The maximum absolute atomic E-state index is 12.6. The van der Waals surface area contributed by atoms with Crippen LogP contribution in [0.25, 0.3) is 16.7 Å². The van der Waals surface area contributed by atoms with Crippen LogP contribution in [0.3, 0.4) is 0 Å². The first-order valence-corrected chi connectivity index (χ1v) is 8.33. The van der Waals surface area contributed by atoms with E-state index < -0.39 is 11.8 Å². The lowest BCUT2D eigenvalue weighted by atomic mass is 10.2. The number of nitrogens with one attached hydrogen (secondary N) is 1. The van der Waals surface area contributed by atoms with Gasteiger partial charge in [-0.1, -0.05) is 48.5 Å². The van der Waals surface area contributed by atoms with Crippen molar-refractivity contribution in [2.45, 2.75) is 0 Å². The van der Waals surface area contributed by atoms with E-state index in [1.54, 1.807) is 60.7 Å². The number of urea groups is 1. The van der Waals surface area contributed by atoms with E-state index in [1.807, 2.05) is 24.3 Å². The van der Waals surface area contributed by atoms with Crippen molar-refractivity contribution in [1.29, 1.82) is 0 Å². The first kappa shape index (κ1) is 16.5. The number of benzene rings is 3. The Balaban J connectivity index is 1.94. The summed E-state index contributed by atoms with van der Waals surface area (Å²) in [4.78, 5) is 29.3. The molecule has 1 N–H and O–H groups in total. The van der Waals surface area contributed by atoms with Crippen LogP contribution in [0.4, 0.5) is 10.5 Å². The second-order valence-corrected chi connectivity index (χ2v) is 5.77. The zero-order chi connectivity index (χ0) is 18.6. The zero-order valence-corrected chi connectivity index (χ0v) is 14.2. The molecule has 4 aromatic rings. The van der Waals surface area contributed by atoms with Gasteiger partial charge in [0.15, 0.2) is 5.49 Å². The van der Waals surface area contributed by atoms with Crippen LogP contribution >= 0.6 is 0 Å². The van der Waals surface area contributed by atoms with Crippen LogP contribution in [-0.2, 0) is 0 Å². The number of anilines is 1. The molecule has 0 aliphatic carbocycles. The van der Waals surface area contributed by atoms with Crippen molar-refractivity contribution in [3.8, 4) is 5.69 Å². The molecule has 2 amide bonds. The first-order chi connectivity index (χ1) is 13.2. The van der Waals surface area contributed by atoms with Crippen molar-refractivity contribution < 1.29 is 9.21 Å². The van der Waals surface area contributed by atoms with E-state index in [0.29, 0.717) is 22.3 Å². The maximum atomic E-state index is 12.6. The van der Waals surface area contributed by atoms with E-state index in [4.69, 9.17) is 4.42 Å². The number of carbonyl (C=O) groups excluding carboxylic acids is 1. The van der Waals surface area contributed by atoms with Crippen molar-refractivity contribution in [3.05, 3.63) is 101 Å². The first-order valence-electron chi connectivity index (χ1n) is 8.33. The Kier molecular flexibility index (Phi) is 4.37. The number of aromatic nitrogens is 1. The molecule has 0 unspecified atom stereocenters. The molecule has 4 rings (SSSR count). The highest BCUT2D eigenvalue weighted by Gasteiger charge is 2.11. The predicted octanol–water partition coefficient (Wildman–Crippen LogP) is 3.72. The molecular weight excluding hydrogens is 342 g/mol. The predicted molar refractivity (Wildman–Crippen MR) is 103 cm³/mol. The maximum Gasteiger partial charge on any atom is 0.425 e.